The van der Waals surface area contributed by atoms with E-state index in [1.807, 2.05) is 35.2 Å². The minimum Gasteiger partial charge on any atom is -0.467 e. The number of nitrogens with zero attached hydrogens (tertiary/aromatic N) is 1. The molecule has 1 atom stereocenters. The average Bonchev–Trinajstić information content (AvgIpc) is 3.32. The molecule has 1 aromatic heterocycles. The van der Waals surface area contributed by atoms with Gasteiger partial charge in [0.2, 0.25) is 11.8 Å². The molecule has 1 unspecified atom stereocenters. The molecule has 2 aromatic rings. The van der Waals surface area contributed by atoms with Crippen molar-refractivity contribution < 1.29 is 14.0 Å². The first-order chi connectivity index (χ1) is 12.7. The Morgan fingerprint density at radius 1 is 1.23 bits per heavy atom. The second-order valence-corrected chi connectivity index (χ2v) is 6.48. The monoisotopic (exact) mass is 355 g/mol. The van der Waals surface area contributed by atoms with Crippen molar-refractivity contribution in [3.05, 3.63) is 54.0 Å². The van der Waals surface area contributed by atoms with Crippen LogP contribution >= 0.6 is 0 Å². The van der Waals surface area contributed by atoms with E-state index < -0.39 is 0 Å². The fourth-order valence-corrected chi connectivity index (χ4v) is 3.34. The number of anilines is 1. The topological polar surface area (TPSA) is 74.6 Å². The zero-order chi connectivity index (χ0) is 18.4. The molecule has 0 saturated carbocycles. The molecule has 26 heavy (non-hydrogen) atoms. The molecule has 6 heteroatoms. The van der Waals surface area contributed by atoms with Gasteiger partial charge in [-0.2, -0.15) is 0 Å². The summed E-state index contributed by atoms with van der Waals surface area (Å²) in [5, 5.41) is 5.87. The predicted octanol–water partition coefficient (Wildman–Crippen LogP) is 2.56. The summed E-state index contributed by atoms with van der Waals surface area (Å²) in [4.78, 5) is 26.9. The maximum absolute atomic E-state index is 12.5. The number of aryl methyl sites for hydroxylation is 1. The van der Waals surface area contributed by atoms with Gasteiger partial charge in [0.1, 0.15) is 5.76 Å². The summed E-state index contributed by atoms with van der Waals surface area (Å²) in [6.45, 7) is 3.40. The van der Waals surface area contributed by atoms with Crippen LogP contribution in [0.25, 0.3) is 0 Å². The van der Waals surface area contributed by atoms with E-state index in [0.29, 0.717) is 6.54 Å². The van der Waals surface area contributed by atoms with E-state index in [0.717, 1.165) is 42.8 Å². The van der Waals surface area contributed by atoms with E-state index in [4.69, 9.17) is 4.42 Å². The van der Waals surface area contributed by atoms with Gasteiger partial charge in [-0.15, -0.1) is 0 Å². The minimum atomic E-state index is -0.267. The van der Waals surface area contributed by atoms with E-state index >= 15 is 0 Å². The normalized spacial score (nSPS) is 17.2. The summed E-state index contributed by atoms with van der Waals surface area (Å²) in [6.07, 6.45) is 4.13. The van der Waals surface area contributed by atoms with Gasteiger partial charge >= 0.3 is 0 Å². The first-order valence-corrected chi connectivity index (χ1v) is 9.09. The zero-order valence-electron chi connectivity index (χ0n) is 15.0. The molecule has 2 amide bonds. The van der Waals surface area contributed by atoms with Crippen LogP contribution in [0.4, 0.5) is 5.69 Å². The lowest BCUT2D eigenvalue weighted by Crippen LogP contribution is -2.45. The third kappa shape index (κ3) is 4.52. The summed E-state index contributed by atoms with van der Waals surface area (Å²) in [5.74, 6) is 0.578. The molecule has 2 N–H and O–H groups in total. The lowest BCUT2D eigenvalue weighted by molar-refractivity contribution is -0.126. The molecule has 1 aromatic carbocycles. The van der Waals surface area contributed by atoms with Gasteiger partial charge in [0.15, 0.2) is 0 Å². The number of carbonyl (C=O) groups is 2. The Kier molecular flexibility index (Phi) is 6.07. The first kappa shape index (κ1) is 18.2. The van der Waals surface area contributed by atoms with E-state index in [1.165, 1.54) is 0 Å². The number of benzene rings is 1. The minimum absolute atomic E-state index is 0.0549. The number of rotatable bonds is 7. The fourth-order valence-electron chi connectivity index (χ4n) is 3.34. The molecule has 1 aliphatic rings. The van der Waals surface area contributed by atoms with Gasteiger partial charge in [-0.1, -0.05) is 25.1 Å². The smallest absolute Gasteiger partial charge is 0.238 e. The van der Waals surface area contributed by atoms with Crippen LogP contribution in [-0.4, -0.2) is 35.8 Å². The number of para-hydroxylation sites is 1. The van der Waals surface area contributed by atoms with Crippen molar-refractivity contribution in [2.45, 2.75) is 38.8 Å². The molecule has 0 radical (unpaired) electrons. The van der Waals surface area contributed by atoms with Crippen molar-refractivity contribution in [2.24, 2.45) is 0 Å². The van der Waals surface area contributed by atoms with E-state index in [9.17, 15) is 9.59 Å². The highest BCUT2D eigenvalue weighted by atomic mass is 16.3. The quantitative estimate of drug-likeness (QED) is 0.800. The van der Waals surface area contributed by atoms with Crippen molar-refractivity contribution in [3.63, 3.8) is 0 Å². The van der Waals surface area contributed by atoms with E-state index in [1.54, 1.807) is 12.3 Å². The van der Waals surface area contributed by atoms with Gasteiger partial charge in [0.05, 0.1) is 25.4 Å². The van der Waals surface area contributed by atoms with Crippen LogP contribution in [0.15, 0.2) is 47.1 Å². The van der Waals surface area contributed by atoms with Crippen LogP contribution in [0, 0.1) is 0 Å². The van der Waals surface area contributed by atoms with Crippen LogP contribution in [0.5, 0.6) is 0 Å². The van der Waals surface area contributed by atoms with E-state index in [2.05, 4.69) is 17.6 Å². The van der Waals surface area contributed by atoms with Gasteiger partial charge < -0.3 is 15.1 Å². The SMILES string of the molecule is CCc1ccccc1NC(=O)CN1CCCC1C(=O)NCc1ccco1. The number of hydrogen-bond acceptors (Lipinski definition) is 4. The van der Waals surface area contributed by atoms with Crippen molar-refractivity contribution in [1.29, 1.82) is 0 Å². The summed E-state index contributed by atoms with van der Waals surface area (Å²) >= 11 is 0. The average molecular weight is 355 g/mol. The first-order valence-electron chi connectivity index (χ1n) is 9.09. The standard InChI is InChI=1S/C20H25N3O3/c1-2-15-7-3-4-9-17(15)22-19(24)14-23-11-5-10-18(23)20(25)21-13-16-8-6-12-26-16/h3-4,6-9,12,18H,2,5,10-11,13-14H2,1H3,(H,21,25)(H,22,24). The van der Waals surface area contributed by atoms with Crippen molar-refractivity contribution in [3.8, 4) is 0 Å². The summed E-state index contributed by atoms with van der Waals surface area (Å²) in [5.41, 5.74) is 1.95. The molecule has 138 valence electrons. The Balaban J connectivity index is 1.54. The van der Waals surface area contributed by atoms with Crippen molar-refractivity contribution in [2.75, 3.05) is 18.4 Å². The van der Waals surface area contributed by atoms with Gasteiger partial charge in [-0.3, -0.25) is 14.5 Å². The highest BCUT2D eigenvalue weighted by molar-refractivity contribution is 5.93. The molecule has 0 bridgehead atoms. The molecule has 1 aliphatic heterocycles. The maximum atomic E-state index is 12.5. The summed E-state index contributed by atoms with van der Waals surface area (Å²) < 4.78 is 5.23. The Bertz CT molecular complexity index is 743. The number of hydrogen-bond donors (Lipinski definition) is 2. The molecule has 0 aliphatic carbocycles. The Morgan fingerprint density at radius 2 is 2.08 bits per heavy atom. The maximum Gasteiger partial charge on any atom is 0.238 e. The molecule has 3 rings (SSSR count). The van der Waals surface area contributed by atoms with Crippen LogP contribution in [0.2, 0.25) is 0 Å². The van der Waals surface area contributed by atoms with Gasteiger partial charge in [0.25, 0.3) is 0 Å². The van der Waals surface area contributed by atoms with Crippen molar-refractivity contribution >= 4 is 17.5 Å². The Hall–Kier alpha value is -2.60. The van der Waals surface area contributed by atoms with Crippen molar-refractivity contribution in [1.82, 2.24) is 10.2 Å². The molecular weight excluding hydrogens is 330 g/mol. The van der Waals surface area contributed by atoms with Crippen LogP contribution in [0.1, 0.15) is 31.1 Å². The molecule has 1 saturated heterocycles. The molecule has 2 heterocycles. The molecule has 6 nitrogen and oxygen atoms in total. The molecule has 1 fully saturated rings. The second kappa shape index (κ2) is 8.67. The number of amides is 2. The Labute approximate surface area is 153 Å². The number of carbonyl (C=O) groups excluding carboxylic acids is 2. The molecule has 0 spiro atoms. The largest absolute Gasteiger partial charge is 0.467 e. The molecular formula is C20H25N3O3. The van der Waals surface area contributed by atoms with Gasteiger partial charge in [0, 0.05) is 5.69 Å². The fraction of sp³-hybridized carbons (Fsp3) is 0.400. The highest BCUT2D eigenvalue weighted by Crippen LogP contribution is 2.19. The summed E-state index contributed by atoms with van der Waals surface area (Å²) in [7, 11) is 0. The third-order valence-electron chi connectivity index (χ3n) is 4.70. The van der Waals surface area contributed by atoms with Gasteiger partial charge in [-0.25, -0.2) is 0 Å². The lowest BCUT2D eigenvalue weighted by atomic mass is 10.1. The highest BCUT2D eigenvalue weighted by Gasteiger charge is 2.31. The second-order valence-electron chi connectivity index (χ2n) is 6.48. The van der Waals surface area contributed by atoms with Gasteiger partial charge in [-0.05, 0) is 49.6 Å². The number of nitrogens with one attached hydrogen (secondary N) is 2. The van der Waals surface area contributed by atoms with Crippen LogP contribution < -0.4 is 10.6 Å². The third-order valence-corrected chi connectivity index (χ3v) is 4.70. The predicted molar refractivity (Wildman–Crippen MR) is 99.6 cm³/mol. The Morgan fingerprint density at radius 3 is 2.85 bits per heavy atom. The summed E-state index contributed by atoms with van der Waals surface area (Å²) in [6, 6.07) is 11.2. The zero-order valence-corrected chi connectivity index (χ0v) is 15.0. The van der Waals surface area contributed by atoms with E-state index in [-0.39, 0.29) is 24.4 Å². The van der Waals surface area contributed by atoms with Crippen LogP contribution in [0.3, 0.4) is 0 Å². The number of furan rings is 1. The van der Waals surface area contributed by atoms with Crippen LogP contribution in [-0.2, 0) is 22.6 Å². The number of likely N-dealkylation sites (tertiary alicyclic amines) is 1. The lowest BCUT2D eigenvalue weighted by Gasteiger charge is -2.23.